The molecule has 0 radical (unpaired) electrons. The van der Waals surface area contributed by atoms with Crippen molar-refractivity contribution in [3.8, 4) is 0 Å². The van der Waals surface area contributed by atoms with Gasteiger partial charge in [-0.25, -0.2) is 0 Å². The average Bonchev–Trinajstić information content (AvgIpc) is 3.11. The molecule has 5 nitrogen and oxygen atoms in total. The Morgan fingerprint density at radius 1 is 1.36 bits per heavy atom. The third kappa shape index (κ3) is 2.74. The smallest absolute Gasteiger partial charge is 0.251 e. The van der Waals surface area contributed by atoms with Gasteiger partial charge in [-0.2, -0.15) is 5.10 Å². The van der Waals surface area contributed by atoms with Crippen molar-refractivity contribution in [2.45, 2.75) is 19.9 Å². The van der Waals surface area contributed by atoms with Crippen molar-refractivity contribution < 1.29 is 4.79 Å². The second-order valence-electron chi connectivity index (χ2n) is 5.76. The number of nitrogens with one attached hydrogen (secondary N) is 1. The highest BCUT2D eigenvalue weighted by molar-refractivity contribution is 5.98. The molecule has 0 bridgehead atoms. The van der Waals surface area contributed by atoms with Gasteiger partial charge in [0.2, 0.25) is 0 Å². The Bertz CT molecular complexity index is 815. The third-order valence-corrected chi connectivity index (χ3v) is 3.89. The molecule has 0 aliphatic heterocycles. The van der Waals surface area contributed by atoms with Gasteiger partial charge in [-0.1, -0.05) is 6.07 Å². The Labute approximate surface area is 129 Å². The predicted molar refractivity (Wildman–Crippen MR) is 86.9 cm³/mol. The predicted octanol–water partition coefficient (Wildman–Crippen LogP) is 2.67. The van der Waals surface area contributed by atoms with Crippen molar-refractivity contribution in [3.63, 3.8) is 0 Å². The number of hydrogen-bond donors (Lipinski definition) is 1. The molecule has 0 saturated heterocycles. The Morgan fingerprint density at radius 3 is 2.91 bits per heavy atom. The summed E-state index contributed by atoms with van der Waals surface area (Å²) in [6.07, 6.45) is 5.79. The molecule has 0 aliphatic rings. The molecule has 3 rings (SSSR count). The maximum Gasteiger partial charge on any atom is 0.251 e. The fraction of sp³-hybridized carbons (Fsp3) is 0.294. The molecule has 0 aliphatic carbocycles. The van der Waals surface area contributed by atoms with Gasteiger partial charge in [0.25, 0.3) is 5.91 Å². The summed E-state index contributed by atoms with van der Waals surface area (Å²) in [4.78, 5) is 12.3. The summed E-state index contributed by atoms with van der Waals surface area (Å²) in [5.74, 6) is -0.0566. The largest absolute Gasteiger partial charge is 0.351 e. The minimum Gasteiger partial charge on any atom is -0.351 e. The van der Waals surface area contributed by atoms with E-state index in [9.17, 15) is 4.79 Å². The summed E-state index contributed by atoms with van der Waals surface area (Å²) in [6.45, 7) is 4.59. The van der Waals surface area contributed by atoms with E-state index in [4.69, 9.17) is 0 Å². The van der Waals surface area contributed by atoms with E-state index in [0.29, 0.717) is 12.1 Å². The van der Waals surface area contributed by atoms with Crippen LogP contribution in [0.2, 0.25) is 0 Å². The Morgan fingerprint density at radius 2 is 2.18 bits per heavy atom. The fourth-order valence-corrected chi connectivity index (χ4v) is 2.51. The van der Waals surface area contributed by atoms with Crippen molar-refractivity contribution in [2.75, 3.05) is 6.54 Å². The van der Waals surface area contributed by atoms with E-state index in [1.54, 1.807) is 0 Å². The van der Waals surface area contributed by atoms with Crippen LogP contribution < -0.4 is 5.32 Å². The zero-order chi connectivity index (χ0) is 15.7. The molecule has 3 aromatic rings. The molecule has 2 heterocycles. The number of carbonyl (C=O) groups is 1. The van der Waals surface area contributed by atoms with Gasteiger partial charge in [-0.15, -0.1) is 0 Å². The number of aromatic nitrogens is 3. The van der Waals surface area contributed by atoms with Gasteiger partial charge >= 0.3 is 0 Å². The van der Waals surface area contributed by atoms with Crippen molar-refractivity contribution in [2.24, 2.45) is 7.05 Å². The highest BCUT2D eigenvalue weighted by Gasteiger charge is 2.11. The molecular formula is C17H20N4O. The van der Waals surface area contributed by atoms with Crippen molar-refractivity contribution in [1.82, 2.24) is 19.7 Å². The number of aryl methyl sites for hydroxylation is 2. The maximum atomic E-state index is 12.3. The van der Waals surface area contributed by atoms with Crippen LogP contribution in [0.5, 0.6) is 0 Å². The van der Waals surface area contributed by atoms with E-state index in [0.717, 1.165) is 16.5 Å². The lowest BCUT2D eigenvalue weighted by Crippen LogP contribution is -2.29. The normalized spacial score (nSPS) is 12.5. The van der Waals surface area contributed by atoms with Crippen LogP contribution in [-0.4, -0.2) is 26.8 Å². The minimum atomic E-state index is -0.0566. The topological polar surface area (TPSA) is 51.9 Å². The first-order valence-electron chi connectivity index (χ1n) is 7.38. The maximum absolute atomic E-state index is 12.3. The molecule has 1 atom stereocenters. The molecule has 5 heteroatoms. The molecule has 1 aromatic carbocycles. The molecule has 0 unspecified atom stereocenters. The number of benzene rings is 1. The van der Waals surface area contributed by atoms with E-state index in [2.05, 4.69) is 10.4 Å². The zero-order valence-electron chi connectivity index (χ0n) is 13.1. The number of nitrogens with zero attached hydrogens (tertiary/aromatic N) is 3. The van der Waals surface area contributed by atoms with Gasteiger partial charge < -0.3 is 9.88 Å². The Balaban J connectivity index is 1.69. The number of hydrogen-bond acceptors (Lipinski definition) is 2. The van der Waals surface area contributed by atoms with Crippen LogP contribution in [0.3, 0.4) is 0 Å². The van der Waals surface area contributed by atoms with E-state index in [-0.39, 0.29) is 11.9 Å². The van der Waals surface area contributed by atoms with E-state index >= 15 is 0 Å². The number of amides is 1. The van der Waals surface area contributed by atoms with Crippen LogP contribution in [0.25, 0.3) is 10.9 Å². The highest BCUT2D eigenvalue weighted by Crippen LogP contribution is 2.16. The third-order valence-electron chi connectivity index (χ3n) is 3.89. The molecule has 0 saturated carbocycles. The van der Waals surface area contributed by atoms with Gasteiger partial charge in [-0.3, -0.25) is 9.48 Å². The molecule has 1 amide bonds. The van der Waals surface area contributed by atoms with Crippen molar-refractivity contribution in [1.29, 1.82) is 0 Å². The van der Waals surface area contributed by atoms with Crippen LogP contribution in [-0.2, 0) is 7.05 Å². The quantitative estimate of drug-likeness (QED) is 0.804. The van der Waals surface area contributed by atoms with Gasteiger partial charge in [0.05, 0.1) is 12.2 Å². The van der Waals surface area contributed by atoms with Crippen LogP contribution in [0.15, 0.2) is 42.9 Å². The first-order valence-corrected chi connectivity index (χ1v) is 7.38. The first kappa shape index (κ1) is 14.4. The lowest BCUT2D eigenvalue weighted by atomic mass is 10.1. The average molecular weight is 296 g/mol. The molecule has 0 spiro atoms. The van der Waals surface area contributed by atoms with Gasteiger partial charge in [0.1, 0.15) is 0 Å². The summed E-state index contributed by atoms with van der Waals surface area (Å²) in [5.41, 5.74) is 2.86. The summed E-state index contributed by atoms with van der Waals surface area (Å²) in [5, 5.41) is 8.39. The second kappa shape index (κ2) is 5.67. The van der Waals surface area contributed by atoms with E-state index < -0.39 is 0 Å². The minimum absolute atomic E-state index is 0.0566. The van der Waals surface area contributed by atoms with Gasteiger partial charge in [0, 0.05) is 37.1 Å². The van der Waals surface area contributed by atoms with E-state index in [1.807, 2.05) is 73.0 Å². The zero-order valence-corrected chi connectivity index (χ0v) is 13.1. The summed E-state index contributed by atoms with van der Waals surface area (Å²) < 4.78 is 3.89. The summed E-state index contributed by atoms with van der Waals surface area (Å²) in [7, 11) is 1.98. The Kier molecular flexibility index (Phi) is 3.71. The molecule has 2 aromatic heterocycles. The first-order chi connectivity index (χ1) is 10.5. The number of fused-ring (bicyclic) bond motifs is 1. The molecule has 114 valence electrons. The van der Waals surface area contributed by atoms with Gasteiger partial charge in [-0.05, 0) is 43.0 Å². The second-order valence-corrected chi connectivity index (χ2v) is 5.76. The number of carbonyl (C=O) groups excluding carboxylic acids is 1. The van der Waals surface area contributed by atoms with Crippen molar-refractivity contribution >= 4 is 16.8 Å². The highest BCUT2D eigenvalue weighted by atomic mass is 16.1. The van der Waals surface area contributed by atoms with Crippen LogP contribution >= 0.6 is 0 Å². The fourth-order valence-electron chi connectivity index (χ4n) is 2.51. The molecule has 1 N–H and O–H groups in total. The molecular weight excluding hydrogens is 276 g/mol. The molecule has 0 fully saturated rings. The lowest BCUT2D eigenvalue weighted by Gasteiger charge is -2.13. The monoisotopic (exact) mass is 296 g/mol. The Hall–Kier alpha value is -2.56. The van der Waals surface area contributed by atoms with Gasteiger partial charge in [0.15, 0.2) is 0 Å². The molecule has 22 heavy (non-hydrogen) atoms. The summed E-state index contributed by atoms with van der Waals surface area (Å²) >= 11 is 0. The van der Waals surface area contributed by atoms with Crippen LogP contribution in [0, 0.1) is 6.92 Å². The van der Waals surface area contributed by atoms with Crippen LogP contribution in [0.4, 0.5) is 0 Å². The number of rotatable bonds is 4. The standard InChI is InChI=1S/C17H20N4O/c1-12-9-19-21(11-12)13(2)10-18-17(22)15-5-4-14-6-7-20(3)16(14)8-15/h4-9,11,13H,10H2,1-3H3,(H,18,22)/t13-/m1/s1. The lowest BCUT2D eigenvalue weighted by molar-refractivity contribution is 0.0948. The summed E-state index contributed by atoms with van der Waals surface area (Å²) in [6, 6.07) is 7.92. The van der Waals surface area contributed by atoms with Crippen LogP contribution in [0.1, 0.15) is 28.9 Å². The van der Waals surface area contributed by atoms with Crippen molar-refractivity contribution in [3.05, 3.63) is 54.0 Å². The SMILES string of the molecule is Cc1cnn([C@H](C)CNC(=O)c2ccc3ccn(C)c3c2)c1. The van der Waals surface area contributed by atoms with E-state index in [1.165, 1.54) is 0 Å².